The number of fused-ring (bicyclic) bond motifs is 2. The number of oxazole rings is 1. The number of para-hydroxylation sites is 2. The van der Waals surface area contributed by atoms with E-state index in [2.05, 4.69) is 10.3 Å². The van der Waals surface area contributed by atoms with E-state index in [9.17, 15) is 9.59 Å². The Bertz CT molecular complexity index is 1050. The van der Waals surface area contributed by atoms with Gasteiger partial charge in [0.15, 0.2) is 5.58 Å². The van der Waals surface area contributed by atoms with Gasteiger partial charge in [-0.3, -0.25) is 14.9 Å². The van der Waals surface area contributed by atoms with Crippen molar-refractivity contribution in [2.24, 2.45) is 5.92 Å². The van der Waals surface area contributed by atoms with Crippen molar-refractivity contribution in [3.8, 4) is 0 Å². The molecule has 1 saturated carbocycles. The zero-order valence-electron chi connectivity index (χ0n) is 16.8. The van der Waals surface area contributed by atoms with Crippen molar-refractivity contribution in [1.82, 2.24) is 9.88 Å². The van der Waals surface area contributed by atoms with E-state index in [1.807, 2.05) is 48.5 Å². The lowest BCUT2D eigenvalue weighted by atomic mass is 9.84. The molecule has 2 amide bonds. The summed E-state index contributed by atoms with van der Waals surface area (Å²) in [6.45, 7) is 0.466. The molecule has 1 atom stereocenters. The fourth-order valence-electron chi connectivity index (χ4n) is 4.76. The van der Waals surface area contributed by atoms with Crippen molar-refractivity contribution in [2.45, 2.75) is 51.1 Å². The minimum Gasteiger partial charge on any atom is -0.423 e. The first-order chi connectivity index (χ1) is 14.7. The molecule has 0 bridgehead atoms. The Morgan fingerprint density at radius 2 is 1.87 bits per heavy atom. The van der Waals surface area contributed by atoms with Crippen molar-refractivity contribution >= 4 is 28.9 Å². The van der Waals surface area contributed by atoms with Crippen LogP contribution in [0.4, 0.5) is 6.01 Å². The SMILES string of the molecule is O=C(Nc1nc2ccccc2o1)C(CC1CCCCC1)N1Cc2ccccc2C1=O. The van der Waals surface area contributed by atoms with Gasteiger partial charge in [0, 0.05) is 12.1 Å². The lowest BCUT2D eigenvalue weighted by molar-refractivity contribution is -0.121. The van der Waals surface area contributed by atoms with Crippen LogP contribution in [0.1, 0.15) is 54.4 Å². The second-order valence-electron chi connectivity index (χ2n) is 8.32. The zero-order chi connectivity index (χ0) is 20.5. The van der Waals surface area contributed by atoms with Crippen LogP contribution in [0, 0.1) is 5.92 Å². The number of carbonyl (C=O) groups excluding carboxylic acids is 2. The molecule has 1 fully saturated rings. The first kappa shape index (κ1) is 18.9. The van der Waals surface area contributed by atoms with E-state index in [1.54, 1.807) is 4.90 Å². The van der Waals surface area contributed by atoms with Gasteiger partial charge in [0.1, 0.15) is 11.6 Å². The summed E-state index contributed by atoms with van der Waals surface area (Å²) in [5.74, 6) is 0.155. The van der Waals surface area contributed by atoms with Gasteiger partial charge in [-0.05, 0) is 36.1 Å². The second-order valence-corrected chi connectivity index (χ2v) is 8.32. The second kappa shape index (κ2) is 7.94. The number of aromatic nitrogens is 1. The molecule has 2 aliphatic rings. The molecular formula is C24H25N3O3. The van der Waals surface area contributed by atoms with Crippen LogP contribution in [-0.4, -0.2) is 27.7 Å². The quantitative estimate of drug-likeness (QED) is 0.666. The molecule has 1 aliphatic heterocycles. The van der Waals surface area contributed by atoms with Crippen LogP contribution in [0.5, 0.6) is 0 Å². The summed E-state index contributed by atoms with van der Waals surface area (Å²) in [6, 6.07) is 14.7. The fraction of sp³-hybridized carbons (Fsp3) is 0.375. The fourth-order valence-corrected chi connectivity index (χ4v) is 4.76. The minimum absolute atomic E-state index is 0.0703. The predicted octanol–water partition coefficient (Wildman–Crippen LogP) is 4.76. The molecule has 0 saturated heterocycles. The van der Waals surface area contributed by atoms with Gasteiger partial charge in [0.2, 0.25) is 0 Å². The third-order valence-corrected chi connectivity index (χ3v) is 6.33. The lowest BCUT2D eigenvalue weighted by Gasteiger charge is -2.31. The number of amides is 2. The van der Waals surface area contributed by atoms with E-state index in [0.717, 1.165) is 18.4 Å². The molecule has 6 heteroatoms. The van der Waals surface area contributed by atoms with Gasteiger partial charge < -0.3 is 9.32 Å². The number of hydrogen-bond acceptors (Lipinski definition) is 4. The first-order valence-electron chi connectivity index (χ1n) is 10.7. The minimum atomic E-state index is -0.539. The normalized spacial score (nSPS) is 17.9. The molecule has 3 aromatic rings. The topological polar surface area (TPSA) is 75.4 Å². The van der Waals surface area contributed by atoms with Crippen LogP contribution in [0.3, 0.4) is 0 Å². The van der Waals surface area contributed by atoms with Gasteiger partial charge in [0.25, 0.3) is 11.8 Å². The van der Waals surface area contributed by atoms with Crippen LogP contribution < -0.4 is 5.32 Å². The Morgan fingerprint density at radius 3 is 2.67 bits per heavy atom. The number of nitrogens with zero attached hydrogens (tertiary/aromatic N) is 2. The number of benzene rings is 2. The maximum absolute atomic E-state index is 13.3. The van der Waals surface area contributed by atoms with Gasteiger partial charge in [0.05, 0.1) is 0 Å². The summed E-state index contributed by atoms with van der Waals surface area (Å²) in [6.07, 6.45) is 6.54. The third-order valence-electron chi connectivity index (χ3n) is 6.33. The zero-order valence-corrected chi connectivity index (χ0v) is 16.8. The predicted molar refractivity (Wildman–Crippen MR) is 114 cm³/mol. The highest BCUT2D eigenvalue weighted by Gasteiger charge is 2.38. The maximum atomic E-state index is 13.3. The van der Waals surface area contributed by atoms with E-state index in [1.165, 1.54) is 19.3 Å². The van der Waals surface area contributed by atoms with E-state index in [4.69, 9.17) is 4.42 Å². The number of hydrogen-bond donors (Lipinski definition) is 1. The summed E-state index contributed by atoms with van der Waals surface area (Å²) in [4.78, 5) is 32.5. The van der Waals surface area contributed by atoms with Gasteiger partial charge >= 0.3 is 6.01 Å². The number of anilines is 1. The maximum Gasteiger partial charge on any atom is 0.302 e. The highest BCUT2D eigenvalue weighted by atomic mass is 16.4. The molecule has 1 aromatic heterocycles. The summed E-state index contributed by atoms with van der Waals surface area (Å²) in [5.41, 5.74) is 2.99. The van der Waals surface area contributed by atoms with E-state index >= 15 is 0 Å². The number of rotatable bonds is 5. The Morgan fingerprint density at radius 1 is 1.10 bits per heavy atom. The molecule has 154 valence electrons. The van der Waals surface area contributed by atoms with Gasteiger partial charge in [-0.1, -0.05) is 62.4 Å². The largest absolute Gasteiger partial charge is 0.423 e. The summed E-state index contributed by atoms with van der Waals surface area (Å²) >= 11 is 0. The van der Waals surface area contributed by atoms with Gasteiger partial charge in [-0.15, -0.1) is 0 Å². The van der Waals surface area contributed by atoms with Gasteiger partial charge in [-0.2, -0.15) is 4.98 Å². The van der Waals surface area contributed by atoms with Crippen molar-refractivity contribution < 1.29 is 14.0 Å². The standard InChI is InChI=1S/C24H25N3O3/c28-22(26-24-25-19-12-6-7-13-21(19)30-24)20(14-16-8-2-1-3-9-16)27-15-17-10-4-5-11-18(17)23(27)29/h4-7,10-13,16,20H,1-3,8-9,14-15H2,(H,25,26,28). The van der Waals surface area contributed by atoms with Crippen LogP contribution in [0.2, 0.25) is 0 Å². The highest BCUT2D eigenvalue weighted by molar-refractivity contribution is 6.03. The van der Waals surface area contributed by atoms with Crippen LogP contribution in [0.25, 0.3) is 11.1 Å². The lowest BCUT2D eigenvalue weighted by Crippen LogP contribution is -2.45. The van der Waals surface area contributed by atoms with Crippen molar-refractivity contribution in [1.29, 1.82) is 0 Å². The molecule has 0 spiro atoms. The number of carbonyl (C=O) groups is 2. The summed E-state index contributed by atoms with van der Waals surface area (Å²) < 4.78 is 5.68. The average molecular weight is 403 g/mol. The Hall–Kier alpha value is -3.15. The molecular weight excluding hydrogens is 378 g/mol. The molecule has 1 N–H and O–H groups in total. The molecule has 2 heterocycles. The van der Waals surface area contributed by atoms with Crippen molar-refractivity contribution in [2.75, 3.05) is 5.32 Å². The molecule has 1 unspecified atom stereocenters. The first-order valence-corrected chi connectivity index (χ1v) is 10.7. The Balaban J connectivity index is 1.40. The smallest absolute Gasteiger partial charge is 0.302 e. The monoisotopic (exact) mass is 403 g/mol. The van der Waals surface area contributed by atoms with E-state index in [-0.39, 0.29) is 17.8 Å². The summed E-state index contributed by atoms with van der Waals surface area (Å²) in [7, 11) is 0. The van der Waals surface area contributed by atoms with E-state index in [0.29, 0.717) is 35.5 Å². The average Bonchev–Trinajstić information content (AvgIpc) is 3.33. The number of nitrogens with one attached hydrogen (secondary N) is 1. The van der Waals surface area contributed by atoms with Crippen molar-refractivity contribution in [3.05, 3.63) is 59.7 Å². The molecule has 2 aromatic carbocycles. The van der Waals surface area contributed by atoms with E-state index < -0.39 is 6.04 Å². The Kier molecular flexibility index (Phi) is 4.99. The molecule has 30 heavy (non-hydrogen) atoms. The molecule has 6 nitrogen and oxygen atoms in total. The third kappa shape index (κ3) is 3.58. The molecule has 5 rings (SSSR count). The summed E-state index contributed by atoms with van der Waals surface area (Å²) in [5, 5.41) is 2.83. The van der Waals surface area contributed by atoms with Crippen LogP contribution >= 0.6 is 0 Å². The van der Waals surface area contributed by atoms with Crippen LogP contribution in [-0.2, 0) is 11.3 Å². The molecule has 0 radical (unpaired) electrons. The highest BCUT2D eigenvalue weighted by Crippen LogP contribution is 2.32. The Labute approximate surface area is 175 Å². The van der Waals surface area contributed by atoms with Crippen LogP contribution in [0.15, 0.2) is 52.9 Å². The molecule has 1 aliphatic carbocycles. The van der Waals surface area contributed by atoms with Crippen molar-refractivity contribution in [3.63, 3.8) is 0 Å². The van der Waals surface area contributed by atoms with Gasteiger partial charge in [-0.25, -0.2) is 0 Å².